The molecule has 2 amide bonds. The minimum Gasteiger partial charge on any atom is -0.341 e. The van der Waals surface area contributed by atoms with Gasteiger partial charge in [-0.2, -0.15) is 0 Å². The van der Waals surface area contributed by atoms with Crippen LogP contribution in [-0.4, -0.2) is 39.5 Å². The van der Waals surface area contributed by atoms with E-state index < -0.39 is 0 Å². The minimum atomic E-state index is -0.0522. The molecule has 3 rings (SSSR count). The van der Waals surface area contributed by atoms with Crippen molar-refractivity contribution in [2.45, 2.75) is 32.2 Å². The molecule has 7 heteroatoms. The van der Waals surface area contributed by atoms with Crippen molar-refractivity contribution < 1.29 is 9.59 Å². The van der Waals surface area contributed by atoms with Crippen LogP contribution in [0.4, 0.5) is 0 Å². The van der Waals surface area contributed by atoms with Gasteiger partial charge >= 0.3 is 0 Å². The molecule has 31 heavy (non-hydrogen) atoms. The Bertz CT molecular complexity index is 961. The van der Waals surface area contributed by atoms with E-state index in [1.165, 1.54) is 11.8 Å². The van der Waals surface area contributed by atoms with E-state index in [1.807, 2.05) is 55.6 Å². The number of rotatable bonds is 9. The molecule has 4 nitrogen and oxygen atoms in total. The Labute approximate surface area is 198 Å². The van der Waals surface area contributed by atoms with Crippen molar-refractivity contribution in [2.24, 2.45) is 0 Å². The Morgan fingerprint density at radius 2 is 1.81 bits per heavy atom. The molecule has 2 aromatic carbocycles. The lowest BCUT2D eigenvalue weighted by Gasteiger charge is -2.17. The van der Waals surface area contributed by atoms with Crippen LogP contribution in [0.1, 0.15) is 36.8 Å². The maximum absolute atomic E-state index is 12.7. The first-order valence-corrected chi connectivity index (χ1v) is 11.8. The number of amides is 2. The van der Waals surface area contributed by atoms with Crippen LogP contribution in [0.3, 0.4) is 0 Å². The fraction of sp³-hybridized carbons (Fsp3) is 0.292. The van der Waals surface area contributed by atoms with Crippen molar-refractivity contribution in [1.29, 1.82) is 0 Å². The predicted molar refractivity (Wildman–Crippen MR) is 133 cm³/mol. The van der Waals surface area contributed by atoms with Gasteiger partial charge in [0.05, 0.1) is 4.91 Å². The van der Waals surface area contributed by atoms with Gasteiger partial charge in [0.1, 0.15) is 4.32 Å². The molecule has 0 bridgehead atoms. The molecule has 1 saturated heterocycles. The summed E-state index contributed by atoms with van der Waals surface area (Å²) in [6.45, 7) is 1.20. The summed E-state index contributed by atoms with van der Waals surface area (Å²) in [6.07, 6.45) is 4.84. The van der Waals surface area contributed by atoms with Gasteiger partial charge < -0.3 is 4.90 Å². The Hall–Kier alpha value is -2.15. The van der Waals surface area contributed by atoms with E-state index in [0.29, 0.717) is 33.8 Å². The van der Waals surface area contributed by atoms with E-state index in [0.717, 1.165) is 30.4 Å². The quantitative estimate of drug-likeness (QED) is 0.264. The van der Waals surface area contributed by atoms with Crippen LogP contribution in [-0.2, 0) is 16.1 Å². The van der Waals surface area contributed by atoms with Crippen molar-refractivity contribution >= 4 is 57.8 Å². The van der Waals surface area contributed by atoms with Crippen LogP contribution in [0.15, 0.2) is 59.5 Å². The molecule has 0 radical (unpaired) electrons. The van der Waals surface area contributed by atoms with Gasteiger partial charge in [-0.15, -0.1) is 0 Å². The lowest BCUT2D eigenvalue weighted by Crippen LogP contribution is -2.29. The fourth-order valence-corrected chi connectivity index (χ4v) is 4.70. The zero-order valence-electron chi connectivity index (χ0n) is 17.4. The molecule has 2 aromatic rings. The highest BCUT2D eigenvalue weighted by atomic mass is 35.5. The molecule has 0 spiro atoms. The summed E-state index contributed by atoms with van der Waals surface area (Å²) in [5.41, 5.74) is 2.04. The van der Waals surface area contributed by atoms with E-state index in [2.05, 4.69) is 0 Å². The molecule has 1 aliphatic heterocycles. The van der Waals surface area contributed by atoms with Crippen LogP contribution in [0.25, 0.3) is 6.08 Å². The third-order valence-electron chi connectivity index (χ3n) is 5.00. The number of halogens is 1. The average molecular weight is 473 g/mol. The van der Waals surface area contributed by atoms with Crippen LogP contribution >= 0.6 is 35.6 Å². The zero-order chi connectivity index (χ0) is 22.2. The molecular weight excluding hydrogens is 448 g/mol. The number of carbonyl (C=O) groups is 2. The van der Waals surface area contributed by atoms with Gasteiger partial charge in [0, 0.05) is 31.6 Å². The van der Waals surface area contributed by atoms with Crippen LogP contribution in [0, 0.1) is 0 Å². The van der Waals surface area contributed by atoms with Crippen molar-refractivity contribution in [3.63, 3.8) is 0 Å². The minimum absolute atomic E-state index is 0.0522. The lowest BCUT2D eigenvalue weighted by atomic mass is 10.1. The van der Waals surface area contributed by atoms with Gasteiger partial charge in [0.25, 0.3) is 5.91 Å². The second-order valence-electron chi connectivity index (χ2n) is 7.43. The molecule has 0 N–H and O–H groups in total. The number of thiocarbonyl (C=S) groups is 1. The van der Waals surface area contributed by atoms with Crippen LogP contribution in [0.5, 0.6) is 0 Å². The monoisotopic (exact) mass is 472 g/mol. The molecule has 1 fully saturated rings. The SMILES string of the molecule is CN(Cc1ccccc1)C(=O)CCCCCN1C(=O)C(=Cc2ccc(Cl)cc2)SC1=S. The summed E-state index contributed by atoms with van der Waals surface area (Å²) in [7, 11) is 1.84. The first kappa shape index (κ1) is 23.5. The highest BCUT2D eigenvalue weighted by Gasteiger charge is 2.31. The first-order chi connectivity index (χ1) is 14.9. The van der Waals surface area contributed by atoms with Gasteiger partial charge in [-0.1, -0.05) is 84.5 Å². The maximum Gasteiger partial charge on any atom is 0.266 e. The summed E-state index contributed by atoms with van der Waals surface area (Å²) in [5.74, 6) is 0.0870. The number of carbonyl (C=O) groups excluding carboxylic acids is 2. The molecule has 1 heterocycles. The van der Waals surface area contributed by atoms with Crippen molar-refractivity contribution in [3.05, 3.63) is 75.7 Å². The van der Waals surface area contributed by atoms with E-state index in [-0.39, 0.29) is 11.8 Å². The predicted octanol–water partition coefficient (Wildman–Crippen LogP) is 5.76. The molecule has 0 aliphatic carbocycles. The van der Waals surface area contributed by atoms with Crippen LogP contribution < -0.4 is 0 Å². The maximum atomic E-state index is 12.7. The topological polar surface area (TPSA) is 40.6 Å². The smallest absolute Gasteiger partial charge is 0.266 e. The Kier molecular flexibility index (Phi) is 8.69. The van der Waals surface area contributed by atoms with Gasteiger partial charge in [-0.05, 0) is 42.2 Å². The lowest BCUT2D eigenvalue weighted by molar-refractivity contribution is -0.130. The number of benzene rings is 2. The summed E-state index contributed by atoms with van der Waals surface area (Å²) in [6, 6.07) is 17.3. The summed E-state index contributed by atoms with van der Waals surface area (Å²) >= 11 is 12.6. The third-order valence-corrected chi connectivity index (χ3v) is 6.63. The van der Waals surface area contributed by atoms with Gasteiger partial charge in [0.2, 0.25) is 5.91 Å². The van der Waals surface area contributed by atoms with E-state index in [1.54, 1.807) is 21.9 Å². The summed E-state index contributed by atoms with van der Waals surface area (Å²) in [4.78, 5) is 29.1. The molecule has 0 aromatic heterocycles. The van der Waals surface area contributed by atoms with E-state index in [4.69, 9.17) is 23.8 Å². The molecule has 162 valence electrons. The standard InChI is InChI=1S/C24H25ClN2O2S2/c1-26(17-19-8-4-2-5-9-19)22(28)10-6-3-7-15-27-23(29)21(31-24(27)30)16-18-11-13-20(25)14-12-18/h2,4-5,8-9,11-14,16H,3,6-7,10,15,17H2,1H3. The summed E-state index contributed by atoms with van der Waals surface area (Å²) in [5, 5.41) is 0.662. The molecular formula is C24H25ClN2O2S2. The zero-order valence-corrected chi connectivity index (χ0v) is 19.8. The molecule has 1 aliphatic rings. The highest BCUT2D eigenvalue weighted by Crippen LogP contribution is 2.33. The Balaban J connectivity index is 1.40. The second-order valence-corrected chi connectivity index (χ2v) is 9.54. The second kappa shape index (κ2) is 11.5. The Morgan fingerprint density at radius 3 is 2.52 bits per heavy atom. The third kappa shape index (κ3) is 6.92. The van der Waals surface area contributed by atoms with Gasteiger partial charge in [-0.3, -0.25) is 14.5 Å². The Morgan fingerprint density at radius 1 is 1.10 bits per heavy atom. The van der Waals surface area contributed by atoms with E-state index >= 15 is 0 Å². The number of hydrogen-bond donors (Lipinski definition) is 0. The van der Waals surface area contributed by atoms with Gasteiger partial charge in [-0.25, -0.2) is 0 Å². The average Bonchev–Trinajstić information content (AvgIpc) is 3.02. The number of unbranched alkanes of at least 4 members (excludes halogenated alkanes) is 2. The van der Waals surface area contributed by atoms with Crippen LogP contribution in [0.2, 0.25) is 5.02 Å². The first-order valence-electron chi connectivity index (χ1n) is 10.2. The van der Waals surface area contributed by atoms with Crippen molar-refractivity contribution in [3.8, 4) is 0 Å². The number of hydrogen-bond acceptors (Lipinski definition) is 4. The van der Waals surface area contributed by atoms with Crippen molar-refractivity contribution in [1.82, 2.24) is 9.80 Å². The number of thioether (sulfide) groups is 1. The molecule has 0 saturated carbocycles. The summed E-state index contributed by atoms with van der Waals surface area (Å²) < 4.78 is 0.587. The van der Waals surface area contributed by atoms with Crippen molar-refractivity contribution in [2.75, 3.05) is 13.6 Å². The van der Waals surface area contributed by atoms with Gasteiger partial charge in [0.15, 0.2) is 0 Å². The normalized spacial score (nSPS) is 15.0. The number of nitrogens with zero attached hydrogens (tertiary/aromatic N) is 2. The highest BCUT2D eigenvalue weighted by molar-refractivity contribution is 8.26. The fourth-order valence-electron chi connectivity index (χ4n) is 3.26. The molecule has 0 atom stereocenters. The largest absolute Gasteiger partial charge is 0.341 e. The van der Waals surface area contributed by atoms with E-state index in [9.17, 15) is 9.59 Å². The molecule has 0 unspecified atom stereocenters.